The third-order valence-corrected chi connectivity index (χ3v) is 5.85. The largest absolute Gasteiger partial charge is 0.489 e. The van der Waals surface area contributed by atoms with Gasteiger partial charge in [0.05, 0.1) is 31.5 Å². The normalized spacial score (nSPS) is 20.5. The maximum absolute atomic E-state index is 13.1. The predicted octanol–water partition coefficient (Wildman–Crippen LogP) is 0.619. The molecule has 1 N–H and O–H groups in total. The van der Waals surface area contributed by atoms with E-state index in [0.29, 0.717) is 50.5 Å². The van der Waals surface area contributed by atoms with Gasteiger partial charge in [0.15, 0.2) is 11.4 Å². The number of aryl methyl sites for hydroxylation is 1. The molecule has 5 rings (SSSR count). The lowest BCUT2D eigenvalue weighted by Crippen LogP contribution is -2.44. The maximum Gasteiger partial charge on any atom is 0.274 e. The average Bonchev–Trinajstić information content (AvgIpc) is 3.48. The molecular formula is C23H25N7O4. The molecule has 11 nitrogen and oxygen atoms in total. The molecule has 0 aromatic carbocycles. The number of rotatable bonds is 3. The summed E-state index contributed by atoms with van der Waals surface area (Å²) in [5.41, 5.74) is 1.73. The monoisotopic (exact) mass is 463 g/mol. The second kappa shape index (κ2) is 9.96. The van der Waals surface area contributed by atoms with E-state index in [2.05, 4.69) is 25.6 Å². The standard InChI is InChI=1S/C23H25N7O4/c31-21(7-6-16-4-1-2-8-24-16)29-13-18-20(14-29)34-15-17-12-30(28-27-17)10-11-33-19-5-3-9-25-22(19)23(32)26-18/h1-5,8-9,12,18,20H,6-7,10-11,13-15H2,(H,26,32)/t18-,20-/m0/s1. The summed E-state index contributed by atoms with van der Waals surface area (Å²) in [4.78, 5) is 36.2. The Kier molecular flexibility index (Phi) is 6.43. The Hall–Kier alpha value is -3.86. The molecule has 176 valence electrons. The van der Waals surface area contributed by atoms with Crippen LogP contribution in [0.1, 0.15) is 28.3 Å². The molecule has 1 fully saturated rings. The molecule has 11 heteroatoms. The van der Waals surface area contributed by atoms with Crippen LogP contribution in [-0.2, 0) is 29.1 Å². The maximum atomic E-state index is 13.1. The van der Waals surface area contributed by atoms with E-state index in [1.54, 1.807) is 40.3 Å². The van der Waals surface area contributed by atoms with Crippen LogP contribution in [0.15, 0.2) is 48.9 Å². The van der Waals surface area contributed by atoms with Gasteiger partial charge in [-0.25, -0.2) is 9.67 Å². The van der Waals surface area contributed by atoms with Crippen LogP contribution in [0.4, 0.5) is 0 Å². The first-order chi connectivity index (χ1) is 16.7. The van der Waals surface area contributed by atoms with Crippen molar-refractivity contribution in [3.8, 4) is 5.75 Å². The summed E-state index contributed by atoms with van der Waals surface area (Å²) in [6.45, 7) is 1.70. The minimum absolute atomic E-state index is 0.0123. The van der Waals surface area contributed by atoms with Crippen molar-refractivity contribution < 1.29 is 19.1 Å². The van der Waals surface area contributed by atoms with Gasteiger partial charge in [-0.15, -0.1) is 5.10 Å². The molecule has 0 radical (unpaired) electrons. The summed E-state index contributed by atoms with van der Waals surface area (Å²) >= 11 is 0. The molecule has 5 heterocycles. The summed E-state index contributed by atoms with van der Waals surface area (Å²) in [6.07, 6.45) is 5.55. The summed E-state index contributed by atoms with van der Waals surface area (Å²) < 4.78 is 13.6. The Labute approximate surface area is 196 Å². The molecule has 0 spiro atoms. The number of likely N-dealkylation sites (tertiary alicyclic amines) is 1. The lowest BCUT2D eigenvalue weighted by Gasteiger charge is -2.20. The van der Waals surface area contributed by atoms with Gasteiger partial charge < -0.3 is 19.7 Å². The summed E-state index contributed by atoms with van der Waals surface area (Å²) in [5.74, 6) is 0.00351. The number of ether oxygens (including phenoxy) is 2. The number of pyridine rings is 2. The third-order valence-electron chi connectivity index (χ3n) is 5.85. The minimum Gasteiger partial charge on any atom is -0.489 e. The molecule has 1 saturated heterocycles. The van der Waals surface area contributed by atoms with Crippen LogP contribution in [0, 0.1) is 0 Å². The van der Waals surface area contributed by atoms with Crippen LogP contribution in [0.3, 0.4) is 0 Å². The van der Waals surface area contributed by atoms with Crippen LogP contribution in [-0.4, -0.2) is 73.5 Å². The molecule has 2 atom stereocenters. The zero-order valence-electron chi connectivity index (χ0n) is 18.5. The first-order valence-electron chi connectivity index (χ1n) is 11.2. The zero-order chi connectivity index (χ0) is 23.3. The van der Waals surface area contributed by atoms with Gasteiger partial charge in [-0.3, -0.25) is 14.6 Å². The lowest BCUT2D eigenvalue weighted by atomic mass is 10.2. The number of carbonyl (C=O) groups is 2. The third kappa shape index (κ3) is 5.04. The van der Waals surface area contributed by atoms with Gasteiger partial charge in [0, 0.05) is 37.6 Å². The van der Waals surface area contributed by atoms with Crippen molar-refractivity contribution in [2.24, 2.45) is 0 Å². The van der Waals surface area contributed by atoms with Crippen molar-refractivity contribution in [3.63, 3.8) is 0 Å². The highest BCUT2D eigenvalue weighted by molar-refractivity contribution is 5.95. The fourth-order valence-corrected chi connectivity index (χ4v) is 4.09. The molecule has 0 saturated carbocycles. The van der Waals surface area contributed by atoms with Crippen molar-refractivity contribution >= 4 is 11.8 Å². The van der Waals surface area contributed by atoms with Crippen molar-refractivity contribution in [1.82, 2.24) is 35.2 Å². The second-order valence-electron chi connectivity index (χ2n) is 8.22. The van der Waals surface area contributed by atoms with Crippen LogP contribution >= 0.6 is 0 Å². The van der Waals surface area contributed by atoms with E-state index in [4.69, 9.17) is 9.47 Å². The summed E-state index contributed by atoms with van der Waals surface area (Å²) in [5, 5.41) is 11.2. The van der Waals surface area contributed by atoms with Crippen molar-refractivity contribution in [2.45, 2.75) is 38.1 Å². The number of aromatic nitrogens is 5. The highest BCUT2D eigenvalue weighted by Gasteiger charge is 2.37. The number of nitrogens with zero attached hydrogens (tertiary/aromatic N) is 6. The second-order valence-corrected chi connectivity index (χ2v) is 8.22. The predicted molar refractivity (Wildman–Crippen MR) is 119 cm³/mol. The number of hydrogen-bond donors (Lipinski definition) is 1. The fourth-order valence-electron chi connectivity index (χ4n) is 4.09. The van der Waals surface area contributed by atoms with Crippen LogP contribution in [0.2, 0.25) is 0 Å². The van der Waals surface area contributed by atoms with Crippen LogP contribution in [0.25, 0.3) is 0 Å². The molecule has 3 aromatic rings. The van der Waals surface area contributed by atoms with E-state index in [1.807, 2.05) is 18.2 Å². The smallest absolute Gasteiger partial charge is 0.274 e. The van der Waals surface area contributed by atoms with E-state index in [9.17, 15) is 9.59 Å². The van der Waals surface area contributed by atoms with Crippen LogP contribution in [0.5, 0.6) is 5.75 Å². The number of amides is 2. The van der Waals surface area contributed by atoms with Crippen molar-refractivity contribution in [1.29, 1.82) is 0 Å². The van der Waals surface area contributed by atoms with Gasteiger partial charge in [-0.2, -0.15) is 0 Å². The van der Waals surface area contributed by atoms with E-state index < -0.39 is 12.1 Å². The van der Waals surface area contributed by atoms with Gasteiger partial charge in [0.1, 0.15) is 12.3 Å². The Bertz CT molecular complexity index is 1150. The van der Waals surface area contributed by atoms with Gasteiger partial charge in [0.25, 0.3) is 5.91 Å². The SMILES string of the molecule is O=C1N[C@H]2CN(C(=O)CCc3ccccn3)C[C@@H]2OCc2cn(nn2)CCOc2cccnc21. The molecule has 2 amide bonds. The number of hydrogen-bond acceptors (Lipinski definition) is 8. The molecule has 3 aromatic heterocycles. The van der Waals surface area contributed by atoms with E-state index in [0.717, 1.165) is 5.69 Å². The minimum atomic E-state index is -0.404. The van der Waals surface area contributed by atoms with Gasteiger partial charge in [0.2, 0.25) is 5.91 Å². The molecule has 2 aliphatic heterocycles. The molecule has 34 heavy (non-hydrogen) atoms. The van der Waals surface area contributed by atoms with Gasteiger partial charge in [-0.1, -0.05) is 11.3 Å². The Morgan fingerprint density at radius 2 is 2.06 bits per heavy atom. The first kappa shape index (κ1) is 22.0. The van der Waals surface area contributed by atoms with Crippen molar-refractivity contribution in [3.05, 3.63) is 66.0 Å². The van der Waals surface area contributed by atoms with Gasteiger partial charge >= 0.3 is 0 Å². The molecular weight excluding hydrogens is 438 g/mol. The average molecular weight is 463 g/mol. The van der Waals surface area contributed by atoms with Gasteiger partial charge in [-0.05, 0) is 30.7 Å². The highest BCUT2D eigenvalue weighted by Crippen LogP contribution is 2.20. The Morgan fingerprint density at radius 3 is 2.94 bits per heavy atom. The quantitative estimate of drug-likeness (QED) is 0.600. The molecule has 2 aliphatic rings. The van der Waals surface area contributed by atoms with Crippen LogP contribution < -0.4 is 10.1 Å². The van der Waals surface area contributed by atoms with Crippen molar-refractivity contribution in [2.75, 3.05) is 19.7 Å². The summed E-state index contributed by atoms with van der Waals surface area (Å²) in [6, 6.07) is 8.67. The summed E-state index contributed by atoms with van der Waals surface area (Å²) in [7, 11) is 0. The number of carbonyl (C=O) groups excluding carboxylic acids is 2. The number of nitrogens with one attached hydrogen (secondary N) is 1. The molecule has 0 aliphatic carbocycles. The topological polar surface area (TPSA) is 124 Å². The zero-order valence-corrected chi connectivity index (χ0v) is 18.5. The Morgan fingerprint density at radius 1 is 1.15 bits per heavy atom. The van der Waals surface area contributed by atoms with E-state index in [-0.39, 0.29) is 24.1 Å². The molecule has 2 bridgehead atoms. The number of fused-ring (bicyclic) bond motifs is 4. The Balaban J connectivity index is 1.33. The highest BCUT2D eigenvalue weighted by atomic mass is 16.5. The molecule has 0 unspecified atom stereocenters. The van der Waals surface area contributed by atoms with E-state index >= 15 is 0 Å². The fraction of sp³-hybridized carbons (Fsp3) is 0.391. The first-order valence-corrected chi connectivity index (χ1v) is 11.2. The van der Waals surface area contributed by atoms with E-state index in [1.165, 1.54) is 0 Å². The lowest BCUT2D eigenvalue weighted by molar-refractivity contribution is -0.130.